The van der Waals surface area contributed by atoms with Crippen LogP contribution in [-0.4, -0.2) is 20.4 Å². The monoisotopic (exact) mass is 396 g/mol. The van der Waals surface area contributed by atoms with Crippen LogP contribution in [0.4, 0.5) is 5.69 Å². The maximum absolute atomic E-state index is 12.2. The molecule has 0 unspecified atom stereocenters. The highest BCUT2D eigenvalue weighted by Gasteiger charge is 2.23. The molecule has 1 aliphatic rings. The molecule has 0 saturated carbocycles. The van der Waals surface area contributed by atoms with E-state index in [4.69, 9.17) is 0 Å². The van der Waals surface area contributed by atoms with E-state index >= 15 is 0 Å². The van der Waals surface area contributed by atoms with E-state index in [1.54, 1.807) is 27.2 Å². The molecule has 1 aliphatic heterocycles. The molecule has 7 nitrogen and oxygen atoms in total. The van der Waals surface area contributed by atoms with Crippen molar-refractivity contribution in [2.75, 3.05) is 4.90 Å². The number of amides is 1. The summed E-state index contributed by atoms with van der Waals surface area (Å²) < 4.78 is 2.68. The molecule has 0 bridgehead atoms. The molecule has 0 fully saturated rings. The summed E-state index contributed by atoms with van der Waals surface area (Å²) >= 11 is 1.47. The summed E-state index contributed by atoms with van der Waals surface area (Å²) in [5.41, 5.74) is 4.27. The number of benzene rings is 1. The number of para-hydroxylation sites is 1. The van der Waals surface area contributed by atoms with Gasteiger partial charge in [-0.2, -0.15) is 0 Å². The molecule has 144 valence electrons. The smallest absolute Gasteiger partial charge is 0.278 e. The first-order valence-electron chi connectivity index (χ1n) is 8.42. The molecule has 1 amide bonds. The average molecular weight is 396 g/mol. The summed E-state index contributed by atoms with van der Waals surface area (Å²) in [6, 6.07) is 7.77. The van der Waals surface area contributed by atoms with Crippen molar-refractivity contribution in [1.29, 1.82) is 0 Å². The Bertz CT molecular complexity index is 1120. The van der Waals surface area contributed by atoms with Crippen molar-refractivity contribution in [3.63, 3.8) is 0 Å². The Balaban J connectivity index is 2.00. The fourth-order valence-electron chi connectivity index (χ4n) is 2.55. The number of nitrogens with zero attached hydrogens (tertiary/aromatic N) is 3. The van der Waals surface area contributed by atoms with E-state index in [9.17, 15) is 14.7 Å². The van der Waals surface area contributed by atoms with Gasteiger partial charge in [-0.25, -0.2) is 0 Å². The largest absolute Gasteiger partial charge is 0.493 e. The van der Waals surface area contributed by atoms with Crippen LogP contribution in [0, 0.1) is 0 Å². The highest BCUT2D eigenvalue weighted by Crippen LogP contribution is 2.45. The second-order valence-electron chi connectivity index (χ2n) is 6.19. The summed E-state index contributed by atoms with van der Waals surface area (Å²) in [4.78, 5) is 26.8. The Morgan fingerprint density at radius 3 is 2.64 bits per heavy atom. The molecule has 0 atom stereocenters. The maximum Gasteiger partial charge on any atom is 0.278 e. The molecule has 2 aromatic rings. The highest BCUT2D eigenvalue weighted by molar-refractivity contribution is 8.03. The van der Waals surface area contributed by atoms with Crippen molar-refractivity contribution in [3.05, 3.63) is 75.5 Å². The van der Waals surface area contributed by atoms with Gasteiger partial charge in [0.15, 0.2) is 0 Å². The van der Waals surface area contributed by atoms with Crippen LogP contribution in [0.5, 0.6) is 5.88 Å². The third-order valence-electron chi connectivity index (χ3n) is 4.24. The van der Waals surface area contributed by atoms with Gasteiger partial charge in [0.2, 0.25) is 11.8 Å². The normalized spacial score (nSPS) is 12.8. The number of hydrogen-bond acceptors (Lipinski definition) is 5. The Morgan fingerprint density at radius 2 is 2.00 bits per heavy atom. The minimum absolute atomic E-state index is 0.128. The second-order valence-corrected chi connectivity index (χ2v) is 7.22. The zero-order valence-electron chi connectivity index (χ0n) is 15.8. The minimum atomic E-state index is -0.315. The number of rotatable bonds is 4. The van der Waals surface area contributed by atoms with Crippen LogP contribution in [0.1, 0.15) is 12.5 Å². The fourth-order valence-corrected chi connectivity index (χ4v) is 3.55. The number of nitrogens with one attached hydrogen (secondary N) is 1. The van der Waals surface area contributed by atoms with Gasteiger partial charge >= 0.3 is 0 Å². The van der Waals surface area contributed by atoms with Crippen molar-refractivity contribution >= 4 is 29.4 Å². The van der Waals surface area contributed by atoms with Crippen LogP contribution in [0.2, 0.25) is 0 Å². The van der Waals surface area contributed by atoms with Crippen molar-refractivity contribution in [2.24, 2.45) is 14.1 Å². The Labute approximate surface area is 166 Å². The zero-order valence-corrected chi connectivity index (χ0v) is 16.6. The van der Waals surface area contributed by atoms with Gasteiger partial charge in [0.25, 0.3) is 5.56 Å². The number of anilines is 1. The SMILES string of the molecule is C=C(C)C(=O)NC=CN1C(=C=Cc2c(O)n(C)n(C)c2=O)Sc2ccccc21. The lowest BCUT2D eigenvalue weighted by Gasteiger charge is -2.13. The first kappa shape index (κ1) is 19.4. The maximum atomic E-state index is 12.2. The zero-order chi connectivity index (χ0) is 20.4. The number of carbonyl (C=O) groups excluding carboxylic acids is 1. The average Bonchev–Trinajstić information content (AvgIpc) is 3.11. The predicted octanol–water partition coefficient (Wildman–Crippen LogP) is 2.66. The molecule has 1 aromatic heterocycles. The Hall–Kier alpha value is -3.35. The van der Waals surface area contributed by atoms with Gasteiger partial charge in [-0.15, -0.1) is 0 Å². The predicted molar refractivity (Wildman–Crippen MR) is 111 cm³/mol. The van der Waals surface area contributed by atoms with Crippen LogP contribution in [0.3, 0.4) is 0 Å². The van der Waals surface area contributed by atoms with E-state index in [2.05, 4.69) is 17.6 Å². The first-order valence-corrected chi connectivity index (χ1v) is 9.23. The number of thioether (sulfide) groups is 1. The van der Waals surface area contributed by atoms with E-state index in [1.165, 1.54) is 33.4 Å². The lowest BCUT2D eigenvalue weighted by molar-refractivity contribution is -0.116. The van der Waals surface area contributed by atoms with Crippen molar-refractivity contribution in [2.45, 2.75) is 11.8 Å². The minimum Gasteiger partial charge on any atom is -0.493 e. The van der Waals surface area contributed by atoms with Gasteiger partial charge in [-0.05, 0) is 19.1 Å². The molecular weight excluding hydrogens is 376 g/mol. The molecule has 0 saturated heterocycles. The van der Waals surface area contributed by atoms with Gasteiger partial charge in [0.05, 0.1) is 5.69 Å². The summed E-state index contributed by atoms with van der Waals surface area (Å²) in [5, 5.41) is 13.5. The van der Waals surface area contributed by atoms with Gasteiger partial charge in [-0.1, -0.05) is 36.2 Å². The second kappa shape index (κ2) is 7.72. The molecule has 2 N–H and O–H groups in total. The molecule has 0 aliphatic carbocycles. The number of aromatic nitrogens is 2. The third-order valence-corrected chi connectivity index (χ3v) is 5.31. The van der Waals surface area contributed by atoms with Crippen LogP contribution in [0.15, 0.2) is 69.3 Å². The number of hydrogen-bond donors (Lipinski definition) is 2. The van der Waals surface area contributed by atoms with E-state index in [1.807, 2.05) is 29.2 Å². The van der Waals surface area contributed by atoms with Crippen LogP contribution < -0.4 is 15.8 Å². The molecule has 0 spiro atoms. The standard InChI is InChI=1S/C20H20N4O3S/c1-13(2)18(25)21-11-12-24-15-7-5-6-8-16(15)28-17(24)10-9-14-19(26)22(3)23(4)20(14)27/h5-9,11-12,26H,1H2,2-4H3,(H,21,25). The lowest BCUT2D eigenvalue weighted by atomic mass is 10.3. The van der Waals surface area contributed by atoms with Crippen LogP contribution in [0.25, 0.3) is 6.08 Å². The van der Waals surface area contributed by atoms with Crippen molar-refractivity contribution in [3.8, 4) is 5.88 Å². The number of fused-ring (bicyclic) bond motifs is 1. The molecule has 1 aromatic carbocycles. The third kappa shape index (κ3) is 3.55. The molecule has 3 rings (SSSR count). The van der Waals surface area contributed by atoms with Gasteiger partial charge in [0, 0.05) is 43.0 Å². The van der Waals surface area contributed by atoms with E-state index in [0.29, 0.717) is 10.6 Å². The fraction of sp³-hybridized carbons (Fsp3) is 0.150. The first-order chi connectivity index (χ1) is 13.3. The van der Waals surface area contributed by atoms with E-state index in [-0.39, 0.29) is 22.9 Å². The lowest BCUT2D eigenvalue weighted by Crippen LogP contribution is -2.19. The quantitative estimate of drug-likeness (QED) is 0.614. The highest BCUT2D eigenvalue weighted by atomic mass is 32.2. The molecular formula is C20H20N4O3S. The van der Waals surface area contributed by atoms with Crippen molar-refractivity contribution < 1.29 is 9.90 Å². The van der Waals surface area contributed by atoms with Crippen LogP contribution >= 0.6 is 11.8 Å². The molecule has 8 heteroatoms. The summed E-state index contributed by atoms with van der Waals surface area (Å²) in [6.45, 7) is 5.23. The molecule has 0 radical (unpaired) electrons. The van der Waals surface area contributed by atoms with Crippen LogP contribution in [-0.2, 0) is 18.9 Å². The number of carbonyl (C=O) groups is 1. The van der Waals surface area contributed by atoms with Gasteiger partial charge < -0.3 is 15.3 Å². The topological polar surface area (TPSA) is 79.5 Å². The molecule has 2 heterocycles. The number of aromatic hydroxyl groups is 1. The van der Waals surface area contributed by atoms with E-state index in [0.717, 1.165) is 10.6 Å². The summed E-state index contributed by atoms with van der Waals surface area (Å²) in [7, 11) is 3.17. The van der Waals surface area contributed by atoms with Gasteiger partial charge in [-0.3, -0.25) is 19.0 Å². The summed E-state index contributed by atoms with van der Waals surface area (Å²) in [5.74, 6) is -0.396. The molecule has 28 heavy (non-hydrogen) atoms. The Kier molecular flexibility index (Phi) is 5.35. The Morgan fingerprint density at radius 1 is 1.29 bits per heavy atom. The van der Waals surface area contributed by atoms with Crippen molar-refractivity contribution in [1.82, 2.24) is 14.7 Å². The summed E-state index contributed by atoms with van der Waals surface area (Å²) in [6.07, 6.45) is 4.71. The van der Waals surface area contributed by atoms with Gasteiger partial charge in [0.1, 0.15) is 10.6 Å². The van der Waals surface area contributed by atoms with E-state index < -0.39 is 0 Å².